The second-order valence-corrected chi connectivity index (χ2v) is 4.99. The second kappa shape index (κ2) is 5.04. The van der Waals surface area contributed by atoms with E-state index in [0.717, 1.165) is 32.4 Å². The molecule has 2 atom stereocenters. The van der Waals surface area contributed by atoms with Gasteiger partial charge in [-0.3, -0.25) is 9.59 Å². The third-order valence-electron chi connectivity index (χ3n) is 4.11. The molecule has 0 unspecified atom stereocenters. The summed E-state index contributed by atoms with van der Waals surface area (Å²) in [6.07, 6.45) is 4.35. The minimum absolute atomic E-state index is 0.0117. The Balaban J connectivity index is 1.98. The first-order valence-electron chi connectivity index (χ1n) is 6.25. The number of nitrogens with one attached hydrogen (secondary N) is 2. The average Bonchev–Trinajstić information content (AvgIpc) is 2.80. The Morgan fingerprint density at radius 1 is 1.47 bits per heavy atom. The molecule has 1 saturated carbocycles. The van der Waals surface area contributed by atoms with Gasteiger partial charge in [-0.2, -0.15) is 0 Å². The molecule has 2 aliphatic rings. The quantitative estimate of drug-likeness (QED) is 0.684. The largest absolute Gasteiger partial charge is 0.468 e. The number of methoxy groups -OCH3 is 1. The van der Waals surface area contributed by atoms with Gasteiger partial charge in [-0.15, -0.1) is 0 Å². The van der Waals surface area contributed by atoms with E-state index >= 15 is 0 Å². The van der Waals surface area contributed by atoms with Crippen LogP contribution in [0.3, 0.4) is 0 Å². The maximum atomic E-state index is 12.3. The summed E-state index contributed by atoms with van der Waals surface area (Å²) in [5.41, 5.74) is -0.285. The van der Waals surface area contributed by atoms with Gasteiger partial charge in [-0.1, -0.05) is 12.8 Å². The van der Waals surface area contributed by atoms with Crippen molar-refractivity contribution < 1.29 is 14.3 Å². The monoisotopic (exact) mass is 240 g/mol. The Kier molecular flexibility index (Phi) is 3.66. The minimum Gasteiger partial charge on any atom is -0.468 e. The molecule has 1 amide bonds. The van der Waals surface area contributed by atoms with Crippen LogP contribution in [0.1, 0.15) is 25.7 Å². The number of esters is 1. The van der Waals surface area contributed by atoms with Crippen LogP contribution in [-0.4, -0.2) is 38.6 Å². The summed E-state index contributed by atoms with van der Waals surface area (Å²) >= 11 is 0. The number of rotatable bonds is 3. The van der Waals surface area contributed by atoms with Gasteiger partial charge in [0.25, 0.3) is 0 Å². The molecule has 0 aromatic carbocycles. The number of amides is 1. The van der Waals surface area contributed by atoms with Crippen LogP contribution in [0, 0.1) is 11.3 Å². The average molecular weight is 240 g/mol. The predicted molar refractivity (Wildman–Crippen MR) is 62.3 cm³/mol. The van der Waals surface area contributed by atoms with Crippen molar-refractivity contribution in [2.24, 2.45) is 11.3 Å². The molecular weight excluding hydrogens is 220 g/mol. The van der Waals surface area contributed by atoms with Gasteiger partial charge in [-0.25, -0.2) is 0 Å². The molecule has 0 spiro atoms. The second-order valence-electron chi connectivity index (χ2n) is 4.99. The first-order chi connectivity index (χ1) is 8.19. The minimum atomic E-state index is -0.395. The molecule has 1 aliphatic carbocycles. The van der Waals surface area contributed by atoms with E-state index in [1.54, 1.807) is 0 Å². The van der Waals surface area contributed by atoms with Gasteiger partial charge in [0.05, 0.1) is 12.5 Å². The maximum Gasteiger partial charge on any atom is 0.325 e. The molecule has 1 heterocycles. The van der Waals surface area contributed by atoms with Crippen LogP contribution in [-0.2, 0) is 14.3 Å². The molecule has 0 aromatic rings. The van der Waals surface area contributed by atoms with Gasteiger partial charge in [0.1, 0.15) is 6.54 Å². The van der Waals surface area contributed by atoms with Gasteiger partial charge < -0.3 is 15.4 Å². The Morgan fingerprint density at radius 3 is 3.06 bits per heavy atom. The summed E-state index contributed by atoms with van der Waals surface area (Å²) in [4.78, 5) is 23.3. The van der Waals surface area contributed by atoms with Crippen molar-refractivity contribution in [3.05, 3.63) is 0 Å². The zero-order valence-corrected chi connectivity index (χ0v) is 10.3. The maximum absolute atomic E-state index is 12.3. The molecular formula is C12H20N2O3. The molecule has 17 heavy (non-hydrogen) atoms. The van der Waals surface area contributed by atoms with E-state index in [4.69, 9.17) is 0 Å². The van der Waals surface area contributed by atoms with E-state index in [9.17, 15) is 9.59 Å². The van der Waals surface area contributed by atoms with Crippen LogP contribution in [0.5, 0.6) is 0 Å². The summed E-state index contributed by atoms with van der Waals surface area (Å²) in [6.45, 7) is 1.64. The smallest absolute Gasteiger partial charge is 0.325 e. The fourth-order valence-corrected chi connectivity index (χ4v) is 3.09. The number of fused-ring (bicyclic) bond motifs is 1. The van der Waals surface area contributed by atoms with Crippen molar-refractivity contribution in [3.63, 3.8) is 0 Å². The lowest BCUT2D eigenvalue weighted by atomic mass is 9.67. The number of carbonyl (C=O) groups is 2. The van der Waals surface area contributed by atoms with Crippen LogP contribution in [0.4, 0.5) is 0 Å². The third-order valence-corrected chi connectivity index (χ3v) is 4.11. The van der Waals surface area contributed by atoms with E-state index in [2.05, 4.69) is 15.4 Å². The van der Waals surface area contributed by atoms with Gasteiger partial charge in [0, 0.05) is 6.54 Å². The molecule has 0 radical (unpaired) electrons. The highest BCUT2D eigenvalue weighted by molar-refractivity contribution is 5.87. The van der Waals surface area contributed by atoms with E-state index in [1.165, 1.54) is 13.5 Å². The first kappa shape index (κ1) is 12.4. The van der Waals surface area contributed by atoms with Gasteiger partial charge in [0.15, 0.2) is 0 Å². The zero-order chi connectivity index (χ0) is 12.3. The highest BCUT2D eigenvalue weighted by Crippen LogP contribution is 2.43. The molecule has 5 heteroatoms. The van der Waals surface area contributed by atoms with Gasteiger partial charge in [0.2, 0.25) is 5.91 Å². The molecule has 1 aliphatic heterocycles. The molecule has 1 saturated heterocycles. The van der Waals surface area contributed by atoms with Crippen molar-refractivity contribution in [1.82, 2.24) is 10.6 Å². The number of carbonyl (C=O) groups excluding carboxylic acids is 2. The van der Waals surface area contributed by atoms with Crippen molar-refractivity contribution in [3.8, 4) is 0 Å². The van der Waals surface area contributed by atoms with Crippen LogP contribution in [0.2, 0.25) is 0 Å². The molecule has 0 aromatic heterocycles. The van der Waals surface area contributed by atoms with Gasteiger partial charge >= 0.3 is 5.97 Å². The lowest BCUT2D eigenvalue weighted by Gasteiger charge is -2.36. The van der Waals surface area contributed by atoms with Crippen LogP contribution in [0.15, 0.2) is 0 Å². The molecule has 2 rings (SSSR count). The zero-order valence-electron chi connectivity index (χ0n) is 10.3. The Hall–Kier alpha value is -1.10. The van der Waals surface area contributed by atoms with E-state index in [-0.39, 0.29) is 17.9 Å². The predicted octanol–water partition coefficient (Wildman–Crippen LogP) is 0.0554. The summed E-state index contributed by atoms with van der Waals surface area (Å²) in [5.74, 6) is 0.0413. The number of hydrogen-bond donors (Lipinski definition) is 2. The number of ether oxygens (including phenoxy) is 1. The van der Waals surface area contributed by atoms with Crippen LogP contribution >= 0.6 is 0 Å². The standard InChI is InChI=1S/C12H20N2O3/c1-17-10(15)7-14-11(16)12-5-3-2-4-9(12)6-13-8-12/h9,13H,2-8H2,1H3,(H,14,16)/t9-,12+/m0/s1. The Bertz CT molecular complexity index is 319. The Labute approximate surface area is 101 Å². The SMILES string of the molecule is COC(=O)CNC(=O)[C@@]12CCCC[C@H]1CNC2. The summed E-state index contributed by atoms with van der Waals surface area (Å²) in [6, 6.07) is 0. The third kappa shape index (κ3) is 2.29. The topological polar surface area (TPSA) is 67.4 Å². The fourth-order valence-electron chi connectivity index (χ4n) is 3.09. The Morgan fingerprint density at radius 2 is 2.29 bits per heavy atom. The molecule has 2 fully saturated rings. The van der Waals surface area contributed by atoms with E-state index in [1.807, 2.05) is 0 Å². The van der Waals surface area contributed by atoms with Crippen molar-refractivity contribution in [2.75, 3.05) is 26.7 Å². The summed E-state index contributed by atoms with van der Waals surface area (Å²) in [5, 5.41) is 6.02. The van der Waals surface area contributed by atoms with Crippen LogP contribution in [0.25, 0.3) is 0 Å². The lowest BCUT2D eigenvalue weighted by molar-refractivity contribution is -0.143. The van der Waals surface area contributed by atoms with E-state index in [0.29, 0.717) is 5.92 Å². The van der Waals surface area contributed by atoms with Crippen molar-refractivity contribution in [1.29, 1.82) is 0 Å². The molecule has 2 N–H and O–H groups in total. The summed E-state index contributed by atoms with van der Waals surface area (Å²) in [7, 11) is 1.33. The summed E-state index contributed by atoms with van der Waals surface area (Å²) < 4.78 is 4.53. The van der Waals surface area contributed by atoms with Crippen molar-refractivity contribution in [2.45, 2.75) is 25.7 Å². The fraction of sp³-hybridized carbons (Fsp3) is 0.833. The van der Waals surface area contributed by atoms with Crippen LogP contribution < -0.4 is 10.6 Å². The molecule has 5 nitrogen and oxygen atoms in total. The lowest BCUT2D eigenvalue weighted by Crippen LogP contribution is -2.49. The van der Waals surface area contributed by atoms with E-state index < -0.39 is 5.97 Å². The van der Waals surface area contributed by atoms with Crippen molar-refractivity contribution >= 4 is 11.9 Å². The highest BCUT2D eigenvalue weighted by Gasteiger charge is 2.49. The number of hydrogen-bond acceptors (Lipinski definition) is 4. The first-order valence-corrected chi connectivity index (χ1v) is 6.25. The molecule has 0 bridgehead atoms. The van der Waals surface area contributed by atoms with Gasteiger partial charge in [-0.05, 0) is 25.3 Å². The normalized spacial score (nSPS) is 31.7. The molecule has 96 valence electrons. The highest BCUT2D eigenvalue weighted by atomic mass is 16.5.